The first-order chi connectivity index (χ1) is 13.1. The highest BCUT2D eigenvalue weighted by atomic mass is 16.3. The lowest BCUT2D eigenvalue weighted by molar-refractivity contribution is -0.132. The van der Waals surface area contributed by atoms with Gasteiger partial charge in [-0.25, -0.2) is 0 Å². The Balaban J connectivity index is 1.31. The normalized spacial score (nSPS) is 22.9. The summed E-state index contributed by atoms with van der Waals surface area (Å²) in [5.74, 6) is 0.0800. The molecule has 0 bridgehead atoms. The maximum absolute atomic E-state index is 12.5. The first kappa shape index (κ1) is 17.6. The number of carbonyl (C=O) groups excluding carboxylic acids is 2. The SMILES string of the molecule is N#CC1CCCN1C(=O)CN1CCC(NC(=O)c2cc3ccccc3o2)C1. The molecule has 2 amide bonds. The number of fused-ring (bicyclic) bond motifs is 1. The van der Waals surface area contributed by atoms with Crippen molar-refractivity contribution in [3.05, 3.63) is 36.1 Å². The van der Waals surface area contributed by atoms with E-state index in [9.17, 15) is 9.59 Å². The van der Waals surface area contributed by atoms with Gasteiger partial charge in [0, 0.05) is 31.1 Å². The number of hydrogen-bond donors (Lipinski definition) is 1. The fourth-order valence-corrected chi connectivity index (χ4v) is 3.93. The molecule has 0 aliphatic carbocycles. The van der Waals surface area contributed by atoms with Gasteiger partial charge in [-0.15, -0.1) is 0 Å². The summed E-state index contributed by atoms with van der Waals surface area (Å²) in [6.07, 6.45) is 2.44. The average molecular weight is 366 g/mol. The molecular weight excluding hydrogens is 344 g/mol. The van der Waals surface area contributed by atoms with Gasteiger partial charge >= 0.3 is 0 Å². The summed E-state index contributed by atoms with van der Waals surface area (Å²) in [4.78, 5) is 28.6. The number of para-hydroxylation sites is 1. The van der Waals surface area contributed by atoms with Crippen LogP contribution in [-0.2, 0) is 4.79 Å². The Bertz CT molecular complexity index is 867. The van der Waals surface area contributed by atoms with Gasteiger partial charge in [0.15, 0.2) is 5.76 Å². The third-order valence-corrected chi connectivity index (χ3v) is 5.34. The molecule has 3 heterocycles. The van der Waals surface area contributed by atoms with Crippen molar-refractivity contribution in [2.75, 3.05) is 26.2 Å². The van der Waals surface area contributed by atoms with Gasteiger partial charge in [0.25, 0.3) is 5.91 Å². The Morgan fingerprint density at radius 2 is 2.11 bits per heavy atom. The zero-order valence-electron chi connectivity index (χ0n) is 15.1. The van der Waals surface area contributed by atoms with E-state index in [2.05, 4.69) is 11.4 Å². The van der Waals surface area contributed by atoms with E-state index in [4.69, 9.17) is 9.68 Å². The number of hydrogen-bond acceptors (Lipinski definition) is 5. The molecular formula is C20H22N4O3. The minimum absolute atomic E-state index is 0.00307. The van der Waals surface area contributed by atoms with Gasteiger partial charge in [0.05, 0.1) is 12.6 Å². The van der Waals surface area contributed by atoms with Crippen LogP contribution >= 0.6 is 0 Å². The predicted octanol–water partition coefficient (Wildman–Crippen LogP) is 1.75. The van der Waals surface area contributed by atoms with Crippen molar-refractivity contribution in [2.45, 2.75) is 31.3 Å². The van der Waals surface area contributed by atoms with Gasteiger partial charge in [-0.05, 0) is 31.4 Å². The summed E-state index contributed by atoms with van der Waals surface area (Å²) in [6, 6.07) is 11.2. The van der Waals surface area contributed by atoms with Crippen LogP contribution in [0.5, 0.6) is 0 Å². The fourth-order valence-electron chi connectivity index (χ4n) is 3.93. The molecule has 140 valence electrons. The molecule has 0 saturated carbocycles. The standard InChI is InChI=1S/C20H22N4O3/c21-11-16-5-3-8-24(16)19(25)13-23-9-7-15(12-23)22-20(26)18-10-14-4-1-2-6-17(14)27-18/h1-2,4,6,10,15-16H,3,5,7-9,12-13H2,(H,22,26). The third-order valence-electron chi connectivity index (χ3n) is 5.34. The van der Waals surface area contributed by atoms with Crippen molar-refractivity contribution < 1.29 is 14.0 Å². The molecule has 2 atom stereocenters. The molecule has 4 rings (SSSR count). The number of nitrogens with one attached hydrogen (secondary N) is 1. The lowest BCUT2D eigenvalue weighted by Crippen LogP contribution is -2.43. The van der Waals surface area contributed by atoms with Crippen LogP contribution in [0.2, 0.25) is 0 Å². The molecule has 2 aliphatic heterocycles. The molecule has 7 heteroatoms. The minimum atomic E-state index is -0.288. The summed E-state index contributed by atoms with van der Waals surface area (Å²) in [5, 5.41) is 13.0. The number of amides is 2. The first-order valence-corrected chi connectivity index (χ1v) is 9.35. The molecule has 1 aromatic carbocycles. The van der Waals surface area contributed by atoms with Crippen LogP contribution in [0, 0.1) is 11.3 Å². The van der Waals surface area contributed by atoms with Crippen LogP contribution in [0.4, 0.5) is 0 Å². The van der Waals surface area contributed by atoms with Gasteiger partial charge < -0.3 is 14.6 Å². The molecule has 0 radical (unpaired) electrons. The number of benzene rings is 1. The van der Waals surface area contributed by atoms with Crippen LogP contribution in [0.1, 0.15) is 29.8 Å². The highest BCUT2D eigenvalue weighted by Crippen LogP contribution is 2.20. The van der Waals surface area contributed by atoms with Crippen LogP contribution in [0.25, 0.3) is 11.0 Å². The summed E-state index contributed by atoms with van der Waals surface area (Å²) in [6.45, 7) is 2.34. The van der Waals surface area contributed by atoms with E-state index in [1.54, 1.807) is 11.0 Å². The highest BCUT2D eigenvalue weighted by Gasteiger charge is 2.32. The maximum Gasteiger partial charge on any atom is 0.287 e. The monoisotopic (exact) mass is 366 g/mol. The van der Waals surface area contributed by atoms with Crippen molar-refractivity contribution in [3.63, 3.8) is 0 Å². The molecule has 1 aromatic heterocycles. The van der Waals surface area contributed by atoms with Crippen LogP contribution in [-0.4, -0.2) is 59.9 Å². The first-order valence-electron chi connectivity index (χ1n) is 9.35. The molecule has 2 unspecified atom stereocenters. The van der Waals surface area contributed by atoms with Crippen molar-refractivity contribution in [1.82, 2.24) is 15.1 Å². The van der Waals surface area contributed by atoms with Crippen LogP contribution in [0.15, 0.2) is 34.7 Å². The maximum atomic E-state index is 12.5. The molecule has 27 heavy (non-hydrogen) atoms. The second-order valence-corrected chi connectivity index (χ2v) is 7.22. The van der Waals surface area contributed by atoms with E-state index < -0.39 is 0 Å². The third kappa shape index (κ3) is 3.67. The number of likely N-dealkylation sites (tertiary alicyclic amines) is 2. The number of rotatable bonds is 4. The zero-order valence-corrected chi connectivity index (χ0v) is 15.1. The summed E-state index contributed by atoms with van der Waals surface area (Å²) in [7, 11) is 0. The second kappa shape index (κ2) is 7.41. The zero-order chi connectivity index (χ0) is 18.8. The molecule has 2 saturated heterocycles. The predicted molar refractivity (Wildman–Crippen MR) is 98.9 cm³/mol. The van der Waals surface area contributed by atoms with Crippen molar-refractivity contribution in [3.8, 4) is 6.07 Å². The average Bonchev–Trinajstić information content (AvgIpc) is 3.40. The van der Waals surface area contributed by atoms with Crippen molar-refractivity contribution >= 4 is 22.8 Å². The van der Waals surface area contributed by atoms with Gasteiger partial charge in [0.1, 0.15) is 11.6 Å². The molecule has 2 fully saturated rings. The van der Waals surface area contributed by atoms with E-state index in [0.29, 0.717) is 31.0 Å². The van der Waals surface area contributed by atoms with Crippen molar-refractivity contribution in [2.24, 2.45) is 0 Å². The van der Waals surface area contributed by atoms with E-state index in [-0.39, 0.29) is 23.9 Å². The van der Waals surface area contributed by atoms with Gasteiger partial charge in [-0.2, -0.15) is 5.26 Å². The second-order valence-electron chi connectivity index (χ2n) is 7.22. The molecule has 2 aliphatic rings. The highest BCUT2D eigenvalue weighted by molar-refractivity contribution is 5.96. The number of nitriles is 1. The summed E-state index contributed by atoms with van der Waals surface area (Å²) >= 11 is 0. The van der Waals surface area contributed by atoms with E-state index in [1.165, 1.54) is 0 Å². The fraction of sp³-hybridized carbons (Fsp3) is 0.450. The largest absolute Gasteiger partial charge is 0.451 e. The van der Waals surface area contributed by atoms with Crippen LogP contribution in [0.3, 0.4) is 0 Å². The van der Waals surface area contributed by atoms with E-state index >= 15 is 0 Å². The van der Waals surface area contributed by atoms with Gasteiger partial charge in [0.2, 0.25) is 5.91 Å². The smallest absolute Gasteiger partial charge is 0.287 e. The molecule has 7 nitrogen and oxygen atoms in total. The van der Waals surface area contributed by atoms with Crippen molar-refractivity contribution in [1.29, 1.82) is 5.26 Å². The Hall–Kier alpha value is -2.85. The van der Waals surface area contributed by atoms with Crippen LogP contribution < -0.4 is 5.32 Å². The minimum Gasteiger partial charge on any atom is -0.451 e. The Labute approximate surface area is 157 Å². The Morgan fingerprint density at radius 3 is 2.93 bits per heavy atom. The van der Waals surface area contributed by atoms with E-state index in [1.807, 2.05) is 29.2 Å². The number of carbonyl (C=O) groups is 2. The Morgan fingerprint density at radius 1 is 1.26 bits per heavy atom. The lowest BCUT2D eigenvalue weighted by Gasteiger charge is -2.23. The Kier molecular flexibility index (Phi) is 4.82. The van der Waals surface area contributed by atoms with Gasteiger partial charge in [-0.1, -0.05) is 18.2 Å². The van der Waals surface area contributed by atoms with E-state index in [0.717, 1.165) is 31.2 Å². The molecule has 0 spiro atoms. The summed E-state index contributed by atoms with van der Waals surface area (Å²) < 4.78 is 5.61. The quantitative estimate of drug-likeness (QED) is 0.890. The topological polar surface area (TPSA) is 89.6 Å². The summed E-state index contributed by atoms with van der Waals surface area (Å²) in [5.41, 5.74) is 0.693. The number of furan rings is 1. The number of nitrogens with zero attached hydrogens (tertiary/aromatic N) is 3. The van der Waals surface area contributed by atoms with Gasteiger partial charge in [-0.3, -0.25) is 14.5 Å². The lowest BCUT2D eigenvalue weighted by atomic mass is 10.2. The molecule has 2 aromatic rings. The molecule has 1 N–H and O–H groups in total.